The third-order valence-corrected chi connectivity index (χ3v) is 7.20. The predicted octanol–water partition coefficient (Wildman–Crippen LogP) is 1.14. The summed E-state index contributed by atoms with van der Waals surface area (Å²) in [6.45, 7) is 7.10. The molecule has 1 aromatic carbocycles. The molecule has 1 aromatic rings. The van der Waals surface area contributed by atoms with Crippen LogP contribution in [0.25, 0.3) is 0 Å². The Labute approximate surface area is 150 Å². The maximum absolute atomic E-state index is 13.0. The van der Waals surface area contributed by atoms with Gasteiger partial charge in [0, 0.05) is 32.7 Å². The molecule has 1 N–H and O–H groups in total. The Hall–Kier alpha value is -1.44. The summed E-state index contributed by atoms with van der Waals surface area (Å²) in [5, 5.41) is 3.27. The van der Waals surface area contributed by atoms with Gasteiger partial charge >= 0.3 is 0 Å². The van der Waals surface area contributed by atoms with Gasteiger partial charge in [-0.05, 0) is 50.4 Å². The number of carbonyl (C=O) groups excluding carboxylic acids is 1. The highest BCUT2D eigenvalue weighted by atomic mass is 32.2. The minimum atomic E-state index is -3.51. The molecule has 0 aliphatic carbocycles. The summed E-state index contributed by atoms with van der Waals surface area (Å²) >= 11 is 0. The van der Waals surface area contributed by atoms with Crippen molar-refractivity contribution >= 4 is 15.9 Å². The van der Waals surface area contributed by atoms with E-state index >= 15 is 0 Å². The molecule has 2 aliphatic rings. The highest BCUT2D eigenvalue weighted by molar-refractivity contribution is 7.89. The van der Waals surface area contributed by atoms with Crippen LogP contribution in [-0.2, 0) is 14.8 Å². The van der Waals surface area contributed by atoms with Crippen LogP contribution in [0.5, 0.6) is 0 Å². The number of hydrogen-bond acceptors (Lipinski definition) is 4. The molecule has 138 valence electrons. The van der Waals surface area contributed by atoms with Gasteiger partial charge in [-0.1, -0.05) is 12.1 Å². The quantitative estimate of drug-likeness (QED) is 0.872. The van der Waals surface area contributed by atoms with Crippen molar-refractivity contribution in [3.63, 3.8) is 0 Å². The van der Waals surface area contributed by atoms with Crippen molar-refractivity contribution in [2.75, 3.05) is 39.3 Å². The van der Waals surface area contributed by atoms with E-state index in [4.69, 9.17) is 0 Å². The smallest absolute Gasteiger partial charge is 0.243 e. The number of amides is 1. The third kappa shape index (κ3) is 3.88. The molecule has 2 fully saturated rings. The summed E-state index contributed by atoms with van der Waals surface area (Å²) < 4.78 is 27.4. The second kappa shape index (κ2) is 7.43. The lowest BCUT2D eigenvalue weighted by Gasteiger charge is -2.36. The molecule has 3 rings (SSSR count). The standard InChI is InChI=1S/C18H27N3O3S/c1-14-5-6-15(2)17(12-14)25(23,24)21-10-8-20(9-11-21)18(22)16-4-3-7-19-13-16/h5-6,12,16,19H,3-4,7-11,13H2,1-2H3. The maximum atomic E-state index is 13.0. The van der Waals surface area contributed by atoms with Crippen molar-refractivity contribution in [1.82, 2.24) is 14.5 Å². The van der Waals surface area contributed by atoms with E-state index in [1.807, 2.05) is 30.9 Å². The van der Waals surface area contributed by atoms with Crippen molar-refractivity contribution in [2.45, 2.75) is 31.6 Å². The van der Waals surface area contributed by atoms with E-state index in [1.165, 1.54) is 4.31 Å². The molecule has 2 saturated heterocycles. The van der Waals surface area contributed by atoms with Crippen molar-refractivity contribution in [3.05, 3.63) is 29.3 Å². The molecular formula is C18H27N3O3S. The summed E-state index contributed by atoms with van der Waals surface area (Å²) in [5.41, 5.74) is 1.69. The van der Waals surface area contributed by atoms with Gasteiger partial charge in [0.1, 0.15) is 0 Å². The van der Waals surface area contributed by atoms with Crippen molar-refractivity contribution in [3.8, 4) is 0 Å². The van der Waals surface area contributed by atoms with E-state index in [9.17, 15) is 13.2 Å². The number of sulfonamides is 1. The van der Waals surface area contributed by atoms with Gasteiger partial charge in [0.2, 0.25) is 15.9 Å². The van der Waals surface area contributed by atoms with Gasteiger partial charge < -0.3 is 10.2 Å². The first-order valence-corrected chi connectivity index (χ1v) is 10.4. The van der Waals surface area contributed by atoms with Gasteiger partial charge in [-0.15, -0.1) is 0 Å². The van der Waals surface area contributed by atoms with Crippen LogP contribution in [0.3, 0.4) is 0 Å². The lowest BCUT2D eigenvalue weighted by atomic mass is 9.98. The summed E-state index contributed by atoms with van der Waals surface area (Å²) in [6, 6.07) is 5.50. The zero-order chi connectivity index (χ0) is 18.0. The van der Waals surface area contributed by atoms with Crippen LogP contribution in [0.1, 0.15) is 24.0 Å². The maximum Gasteiger partial charge on any atom is 0.243 e. The molecule has 7 heteroatoms. The Morgan fingerprint density at radius 2 is 1.88 bits per heavy atom. The minimum Gasteiger partial charge on any atom is -0.340 e. The second-order valence-corrected chi connectivity index (χ2v) is 8.95. The van der Waals surface area contributed by atoms with Crippen molar-refractivity contribution in [1.29, 1.82) is 0 Å². The molecule has 0 radical (unpaired) electrons. The van der Waals surface area contributed by atoms with Crippen LogP contribution in [-0.4, -0.2) is 62.8 Å². The highest BCUT2D eigenvalue weighted by Gasteiger charge is 2.33. The number of nitrogens with zero attached hydrogens (tertiary/aromatic N) is 2. The van der Waals surface area contributed by atoms with E-state index in [2.05, 4.69) is 5.32 Å². The van der Waals surface area contributed by atoms with Crippen LogP contribution in [0.2, 0.25) is 0 Å². The molecule has 0 spiro atoms. The number of carbonyl (C=O) groups is 1. The highest BCUT2D eigenvalue weighted by Crippen LogP contribution is 2.23. The number of aryl methyl sites for hydroxylation is 2. The first kappa shape index (κ1) is 18.4. The molecule has 2 heterocycles. The third-order valence-electron chi connectivity index (χ3n) is 5.16. The minimum absolute atomic E-state index is 0.0379. The first-order chi connectivity index (χ1) is 11.9. The van der Waals surface area contributed by atoms with Crippen LogP contribution >= 0.6 is 0 Å². The Morgan fingerprint density at radius 3 is 2.52 bits per heavy atom. The average Bonchev–Trinajstić information content (AvgIpc) is 2.64. The summed E-state index contributed by atoms with van der Waals surface area (Å²) in [4.78, 5) is 14.8. The number of benzene rings is 1. The van der Waals surface area contributed by atoms with Gasteiger partial charge in [0.05, 0.1) is 10.8 Å². The molecule has 1 amide bonds. The Kier molecular flexibility index (Phi) is 5.46. The van der Waals surface area contributed by atoms with E-state index in [0.29, 0.717) is 31.1 Å². The number of piperidine rings is 1. The molecule has 6 nitrogen and oxygen atoms in total. The fourth-order valence-corrected chi connectivity index (χ4v) is 5.33. The number of piperazine rings is 1. The summed E-state index contributed by atoms with van der Waals surface area (Å²) in [7, 11) is -3.51. The van der Waals surface area contributed by atoms with Crippen molar-refractivity contribution in [2.24, 2.45) is 5.92 Å². The topological polar surface area (TPSA) is 69.7 Å². The molecule has 2 aliphatic heterocycles. The molecule has 0 bridgehead atoms. The molecule has 1 unspecified atom stereocenters. The van der Waals surface area contributed by atoms with Gasteiger partial charge in [-0.3, -0.25) is 4.79 Å². The molecule has 1 atom stereocenters. The van der Waals surface area contributed by atoms with E-state index in [-0.39, 0.29) is 11.8 Å². The van der Waals surface area contributed by atoms with Gasteiger partial charge in [-0.2, -0.15) is 4.31 Å². The van der Waals surface area contributed by atoms with Crippen LogP contribution in [0.15, 0.2) is 23.1 Å². The lowest BCUT2D eigenvalue weighted by molar-refractivity contribution is -0.137. The van der Waals surface area contributed by atoms with Crippen LogP contribution in [0, 0.1) is 19.8 Å². The van der Waals surface area contributed by atoms with Gasteiger partial charge in [0.25, 0.3) is 0 Å². The van der Waals surface area contributed by atoms with E-state index in [0.717, 1.165) is 37.1 Å². The first-order valence-electron chi connectivity index (χ1n) is 8.96. The Morgan fingerprint density at radius 1 is 1.16 bits per heavy atom. The predicted molar refractivity (Wildman–Crippen MR) is 96.8 cm³/mol. The average molecular weight is 365 g/mol. The number of nitrogens with one attached hydrogen (secondary N) is 1. The zero-order valence-corrected chi connectivity index (χ0v) is 15.8. The fraction of sp³-hybridized carbons (Fsp3) is 0.611. The SMILES string of the molecule is Cc1ccc(C)c(S(=O)(=O)N2CCN(C(=O)C3CCCNC3)CC2)c1. The number of hydrogen-bond donors (Lipinski definition) is 1. The van der Waals surface area contributed by atoms with E-state index < -0.39 is 10.0 Å². The monoisotopic (exact) mass is 365 g/mol. The van der Waals surface area contributed by atoms with E-state index in [1.54, 1.807) is 6.07 Å². The molecule has 0 saturated carbocycles. The normalized spacial score (nSPS) is 22.8. The Bertz CT molecular complexity index is 734. The fourth-order valence-electron chi connectivity index (χ4n) is 3.59. The summed E-state index contributed by atoms with van der Waals surface area (Å²) in [5.74, 6) is 0.201. The van der Waals surface area contributed by atoms with Crippen molar-refractivity contribution < 1.29 is 13.2 Å². The van der Waals surface area contributed by atoms with Gasteiger partial charge in [0.15, 0.2) is 0 Å². The van der Waals surface area contributed by atoms with Gasteiger partial charge in [-0.25, -0.2) is 8.42 Å². The van der Waals surface area contributed by atoms with Crippen LogP contribution < -0.4 is 5.32 Å². The van der Waals surface area contributed by atoms with Crippen LogP contribution in [0.4, 0.5) is 0 Å². The largest absolute Gasteiger partial charge is 0.340 e. The Balaban J connectivity index is 1.67. The number of rotatable bonds is 3. The molecular weight excluding hydrogens is 338 g/mol. The summed E-state index contributed by atoms with van der Waals surface area (Å²) in [6.07, 6.45) is 1.95. The zero-order valence-electron chi connectivity index (χ0n) is 15.0. The lowest BCUT2D eigenvalue weighted by Crippen LogP contribution is -2.53. The molecule has 0 aromatic heterocycles. The molecule has 25 heavy (non-hydrogen) atoms. The second-order valence-electron chi connectivity index (χ2n) is 7.04.